The van der Waals surface area contributed by atoms with Crippen LogP contribution in [0.2, 0.25) is 0 Å². The SMILES string of the molecule is CCN(C(=O)C1C=CC(N)C1)C(C)COC. The Balaban J connectivity index is 2.59. The molecule has 1 aliphatic rings. The molecule has 0 aromatic carbocycles. The Labute approximate surface area is 97.4 Å². The van der Waals surface area contributed by atoms with Gasteiger partial charge < -0.3 is 15.4 Å². The summed E-state index contributed by atoms with van der Waals surface area (Å²) >= 11 is 0. The van der Waals surface area contributed by atoms with E-state index in [1.807, 2.05) is 30.9 Å². The van der Waals surface area contributed by atoms with Crippen LogP contribution in [0.15, 0.2) is 12.2 Å². The van der Waals surface area contributed by atoms with Crippen LogP contribution < -0.4 is 5.73 Å². The number of nitrogens with two attached hydrogens (primary N) is 1. The molecule has 4 nitrogen and oxygen atoms in total. The van der Waals surface area contributed by atoms with Gasteiger partial charge >= 0.3 is 0 Å². The second-order valence-electron chi connectivity index (χ2n) is 4.32. The average molecular weight is 226 g/mol. The van der Waals surface area contributed by atoms with Crippen LogP contribution in [-0.2, 0) is 9.53 Å². The Morgan fingerprint density at radius 1 is 1.62 bits per heavy atom. The molecule has 1 rings (SSSR count). The molecule has 0 aromatic rings. The first-order chi connectivity index (χ1) is 7.60. The summed E-state index contributed by atoms with van der Waals surface area (Å²) in [7, 11) is 1.65. The molecule has 0 aliphatic heterocycles. The molecule has 16 heavy (non-hydrogen) atoms. The molecule has 1 amide bonds. The van der Waals surface area contributed by atoms with Gasteiger partial charge in [-0.15, -0.1) is 0 Å². The maximum Gasteiger partial charge on any atom is 0.229 e. The predicted octanol–water partition coefficient (Wildman–Crippen LogP) is 0.773. The molecule has 0 fully saturated rings. The first-order valence-corrected chi connectivity index (χ1v) is 5.83. The van der Waals surface area contributed by atoms with Crippen molar-refractivity contribution in [3.8, 4) is 0 Å². The monoisotopic (exact) mass is 226 g/mol. The van der Waals surface area contributed by atoms with Crippen molar-refractivity contribution in [1.82, 2.24) is 4.90 Å². The number of hydrogen-bond acceptors (Lipinski definition) is 3. The Morgan fingerprint density at radius 3 is 2.75 bits per heavy atom. The zero-order valence-corrected chi connectivity index (χ0v) is 10.3. The van der Waals surface area contributed by atoms with Gasteiger partial charge in [-0.1, -0.05) is 12.2 Å². The van der Waals surface area contributed by atoms with Gasteiger partial charge in [0.1, 0.15) is 0 Å². The third kappa shape index (κ3) is 3.06. The van der Waals surface area contributed by atoms with Gasteiger partial charge in [-0.05, 0) is 20.3 Å². The van der Waals surface area contributed by atoms with Crippen LogP contribution in [-0.4, -0.2) is 43.2 Å². The van der Waals surface area contributed by atoms with E-state index in [-0.39, 0.29) is 23.9 Å². The molecule has 0 heterocycles. The van der Waals surface area contributed by atoms with Crippen molar-refractivity contribution in [2.45, 2.75) is 32.4 Å². The lowest BCUT2D eigenvalue weighted by Crippen LogP contribution is -2.43. The highest BCUT2D eigenvalue weighted by Crippen LogP contribution is 2.20. The van der Waals surface area contributed by atoms with E-state index >= 15 is 0 Å². The van der Waals surface area contributed by atoms with E-state index in [0.717, 1.165) is 6.42 Å². The lowest BCUT2D eigenvalue weighted by atomic mass is 10.1. The van der Waals surface area contributed by atoms with Crippen molar-refractivity contribution in [3.05, 3.63) is 12.2 Å². The maximum absolute atomic E-state index is 12.2. The second-order valence-corrected chi connectivity index (χ2v) is 4.32. The van der Waals surface area contributed by atoms with Crippen LogP contribution in [0.4, 0.5) is 0 Å². The van der Waals surface area contributed by atoms with Gasteiger partial charge in [0.25, 0.3) is 0 Å². The molecular weight excluding hydrogens is 204 g/mol. The zero-order chi connectivity index (χ0) is 12.1. The van der Waals surface area contributed by atoms with Crippen LogP contribution in [0.1, 0.15) is 20.3 Å². The molecule has 0 aromatic heterocycles. The van der Waals surface area contributed by atoms with Gasteiger partial charge in [0, 0.05) is 19.7 Å². The molecule has 0 saturated carbocycles. The smallest absolute Gasteiger partial charge is 0.229 e. The van der Waals surface area contributed by atoms with Crippen LogP contribution in [0.3, 0.4) is 0 Å². The lowest BCUT2D eigenvalue weighted by molar-refractivity contribution is -0.136. The molecule has 4 heteroatoms. The van der Waals surface area contributed by atoms with E-state index in [1.54, 1.807) is 7.11 Å². The number of likely N-dealkylation sites (N-methyl/N-ethyl adjacent to an activating group) is 1. The van der Waals surface area contributed by atoms with Gasteiger partial charge in [-0.2, -0.15) is 0 Å². The van der Waals surface area contributed by atoms with Gasteiger partial charge in [-0.3, -0.25) is 4.79 Å². The third-order valence-corrected chi connectivity index (χ3v) is 3.00. The quantitative estimate of drug-likeness (QED) is 0.705. The fraction of sp³-hybridized carbons (Fsp3) is 0.750. The number of rotatable bonds is 5. The van der Waals surface area contributed by atoms with Gasteiger partial charge in [0.15, 0.2) is 0 Å². The maximum atomic E-state index is 12.2. The lowest BCUT2D eigenvalue weighted by Gasteiger charge is -2.29. The number of amides is 1. The van der Waals surface area contributed by atoms with E-state index in [9.17, 15) is 4.79 Å². The molecule has 0 saturated heterocycles. The summed E-state index contributed by atoms with van der Waals surface area (Å²) in [4.78, 5) is 14.1. The molecule has 0 radical (unpaired) electrons. The number of carbonyl (C=O) groups is 1. The molecule has 3 unspecified atom stereocenters. The van der Waals surface area contributed by atoms with E-state index in [4.69, 9.17) is 10.5 Å². The summed E-state index contributed by atoms with van der Waals surface area (Å²) in [5.41, 5.74) is 5.76. The van der Waals surface area contributed by atoms with E-state index in [1.165, 1.54) is 0 Å². The fourth-order valence-electron chi connectivity index (χ4n) is 2.14. The Kier molecular flexibility index (Phi) is 4.96. The van der Waals surface area contributed by atoms with Crippen molar-refractivity contribution < 1.29 is 9.53 Å². The first kappa shape index (κ1) is 13.2. The topological polar surface area (TPSA) is 55.6 Å². The van der Waals surface area contributed by atoms with Crippen LogP contribution in [0.5, 0.6) is 0 Å². The Hall–Kier alpha value is -0.870. The molecule has 0 spiro atoms. The predicted molar refractivity (Wildman–Crippen MR) is 63.9 cm³/mol. The second kappa shape index (κ2) is 6.01. The minimum absolute atomic E-state index is 0.0328. The number of nitrogens with zero attached hydrogens (tertiary/aromatic N) is 1. The van der Waals surface area contributed by atoms with Gasteiger partial charge in [-0.25, -0.2) is 0 Å². The summed E-state index contributed by atoms with van der Waals surface area (Å²) in [6, 6.07) is 0.151. The van der Waals surface area contributed by atoms with Crippen molar-refractivity contribution in [3.63, 3.8) is 0 Å². The largest absolute Gasteiger partial charge is 0.383 e. The minimum atomic E-state index is -0.0470. The highest BCUT2D eigenvalue weighted by Gasteiger charge is 2.28. The zero-order valence-electron chi connectivity index (χ0n) is 10.3. The Bertz CT molecular complexity index is 266. The van der Waals surface area contributed by atoms with Crippen molar-refractivity contribution in [2.24, 2.45) is 11.7 Å². The van der Waals surface area contributed by atoms with Crippen molar-refractivity contribution >= 4 is 5.91 Å². The highest BCUT2D eigenvalue weighted by molar-refractivity contribution is 5.81. The molecule has 0 bridgehead atoms. The third-order valence-electron chi connectivity index (χ3n) is 3.00. The van der Waals surface area contributed by atoms with Crippen LogP contribution >= 0.6 is 0 Å². The standard InChI is InChI=1S/C12H22N2O2/c1-4-14(9(2)8-16-3)12(15)10-5-6-11(13)7-10/h5-6,9-11H,4,7-8,13H2,1-3H3. The number of carbonyl (C=O) groups excluding carboxylic acids is 1. The number of hydrogen-bond donors (Lipinski definition) is 1. The molecule has 92 valence electrons. The fourth-order valence-corrected chi connectivity index (χ4v) is 2.14. The number of ether oxygens (including phenoxy) is 1. The minimum Gasteiger partial charge on any atom is -0.383 e. The molecule has 1 aliphatic carbocycles. The summed E-state index contributed by atoms with van der Waals surface area (Å²) in [5, 5.41) is 0. The van der Waals surface area contributed by atoms with E-state index in [2.05, 4.69) is 0 Å². The molecule has 2 N–H and O–H groups in total. The average Bonchev–Trinajstić information content (AvgIpc) is 2.66. The summed E-state index contributed by atoms with van der Waals surface area (Å²) in [6.45, 7) is 5.27. The van der Waals surface area contributed by atoms with Crippen molar-refractivity contribution in [2.75, 3.05) is 20.3 Å². The molecule has 3 atom stereocenters. The van der Waals surface area contributed by atoms with Crippen molar-refractivity contribution in [1.29, 1.82) is 0 Å². The summed E-state index contributed by atoms with van der Waals surface area (Å²) in [5.74, 6) is 0.116. The van der Waals surface area contributed by atoms with Crippen LogP contribution in [0, 0.1) is 5.92 Å². The summed E-state index contributed by atoms with van der Waals surface area (Å²) in [6.07, 6.45) is 4.57. The van der Waals surface area contributed by atoms with E-state index in [0.29, 0.717) is 13.2 Å². The summed E-state index contributed by atoms with van der Waals surface area (Å²) < 4.78 is 5.08. The van der Waals surface area contributed by atoms with E-state index < -0.39 is 0 Å². The number of methoxy groups -OCH3 is 1. The van der Waals surface area contributed by atoms with Gasteiger partial charge in [0.2, 0.25) is 5.91 Å². The normalized spacial score (nSPS) is 25.8. The highest BCUT2D eigenvalue weighted by atomic mass is 16.5. The Morgan fingerprint density at radius 2 is 2.31 bits per heavy atom. The first-order valence-electron chi connectivity index (χ1n) is 5.83. The van der Waals surface area contributed by atoms with Gasteiger partial charge in [0.05, 0.1) is 18.6 Å². The van der Waals surface area contributed by atoms with Crippen LogP contribution in [0.25, 0.3) is 0 Å². The molecular formula is C12H22N2O2.